The molecule has 3 saturated carbocycles. The average molecular weight is 255 g/mol. The Morgan fingerprint density at radius 2 is 1.67 bits per heavy atom. The lowest BCUT2D eigenvalue weighted by Crippen LogP contribution is -2.38. The van der Waals surface area contributed by atoms with E-state index in [1.165, 1.54) is 25.3 Å². The zero-order chi connectivity index (χ0) is 12.8. The topological polar surface area (TPSA) is 12.9 Å². The lowest BCUT2D eigenvalue weighted by atomic mass is 9.59. The molecule has 3 aliphatic rings. The molecule has 0 radical (unpaired) electrons. The number of hydrogen-bond acceptors (Lipinski definition) is 1. The smallest absolute Gasteiger partial charge is 0.260 e. The van der Waals surface area contributed by atoms with E-state index in [2.05, 4.69) is 4.98 Å². The van der Waals surface area contributed by atoms with Crippen LogP contribution in [0.5, 0.6) is 0 Å². The van der Waals surface area contributed by atoms with Crippen LogP contribution in [0.15, 0.2) is 18.3 Å². The number of pyridine rings is 1. The summed E-state index contributed by atoms with van der Waals surface area (Å²) < 4.78 is 37.5. The zero-order valence-corrected chi connectivity index (χ0v) is 10.1. The Kier molecular flexibility index (Phi) is 2.65. The Hall–Kier alpha value is -1.06. The van der Waals surface area contributed by atoms with Crippen molar-refractivity contribution in [1.82, 2.24) is 4.98 Å². The van der Waals surface area contributed by atoms with Gasteiger partial charge in [0.15, 0.2) is 0 Å². The van der Waals surface area contributed by atoms with Crippen LogP contribution in [0, 0.1) is 5.92 Å². The summed E-state index contributed by atoms with van der Waals surface area (Å²) in [5, 5.41) is 0. The van der Waals surface area contributed by atoms with Crippen LogP contribution in [0.4, 0.5) is 13.2 Å². The van der Waals surface area contributed by atoms with Gasteiger partial charge in [-0.1, -0.05) is 0 Å². The van der Waals surface area contributed by atoms with Crippen LogP contribution in [0.1, 0.15) is 49.8 Å². The molecule has 4 heteroatoms. The van der Waals surface area contributed by atoms with Crippen molar-refractivity contribution in [3.05, 3.63) is 29.6 Å². The van der Waals surface area contributed by atoms with Crippen molar-refractivity contribution in [2.24, 2.45) is 5.92 Å². The van der Waals surface area contributed by atoms with Gasteiger partial charge in [0.2, 0.25) is 0 Å². The van der Waals surface area contributed by atoms with Crippen LogP contribution in [0.2, 0.25) is 0 Å². The van der Waals surface area contributed by atoms with Crippen molar-refractivity contribution >= 4 is 0 Å². The minimum atomic E-state index is -4.28. The number of aromatic nitrogens is 1. The third kappa shape index (κ3) is 1.91. The number of halogens is 3. The molecule has 0 amide bonds. The summed E-state index contributed by atoms with van der Waals surface area (Å²) in [5.74, 6) is 0.848. The molecule has 1 aromatic rings. The molecule has 0 unspecified atom stereocenters. The first kappa shape index (κ1) is 12.0. The van der Waals surface area contributed by atoms with Crippen LogP contribution < -0.4 is 0 Å². The van der Waals surface area contributed by atoms with Crippen molar-refractivity contribution in [2.75, 3.05) is 0 Å². The zero-order valence-electron chi connectivity index (χ0n) is 10.1. The fraction of sp³-hybridized carbons (Fsp3) is 0.643. The van der Waals surface area contributed by atoms with Gasteiger partial charge in [0.05, 0.1) is 5.56 Å². The van der Waals surface area contributed by atoms with E-state index in [9.17, 15) is 13.2 Å². The quantitative estimate of drug-likeness (QED) is 0.728. The van der Waals surface area contributed by atoms with Crippen molar-refractivity contribution in [1.29, 1.82) is 0 Å². The highest BCUT2D eigenvalue weighted by atomic mass is 19.4. The molecule has 0 atom stereocenters. The second-order valence-corrected chi connectivity index (χ2v) is 5.69. The lowest BCUT2D eigenvalue weighted by molar-refractivity contribution is -0.137. The van der Waals surface area contributed by atoms with Gasteiger partial charge < -0.3 is 0 Å². The maximum Gasteiger partial charge on any atom is 0.417 e. The van der Waals surface area contributed by atoms with E-state index in [1.807, 2.05) is 0 Å². The standard InChI is InChI=1S/C14H16F3N/c15-14(16,17)11-1-2-12(18-9-11)13-6-3-10(4-7-13)5-8-13/h1-2,9-10H,3-8H2. The third-order valence-electron chi connectivity index (χ3n) is 4.73. The summed E-state index contributed by atoms with van der Waals surface area (Å²) >= 11 is 0. The minimum absolute atomic E-state index is 0.0683. The van der Waals surface area contributed by atoms with Gasteiger partial charge >= 0.3 is 6.18 Å². The van der Waals surface area contributed by atoms with Crippen molar-refractivity contribution < 1.29 is 13.2 Å². The molecule has 1 nitrogen and oxygen atoms in total. The van der Waals surface area contributed by atoms with Gasteiger partial charge in [0.25, 0.3) is 0 Å². The number of rotatable bonds is 1. The summed E-state index contributed by atoms with van der Waals surface area (Å²) in [6.45, 7) is 0. The van der Waals surface area contributed by atoms with E-state index < -0.39 is 11.7 Å². The summed E-state index contributed by atoms with van der Waals surface area (Å²) in [6, 6.07) is 2.77. The molecule has 0 N–H and O–H groups in total. The molecule has 0 spiro atoms. The fourth-order valence-electron chi connectivity index (χ4n) is 3.51. The van der Waals surface area contributed by atoms with Crippen LogP contribution >= 0.6 is 0 Å². The van der Waals surface area contributed by atoms with E-state index in [-0.39, 0.29) is 5.41 Å². The molecule has 18 heavy (non-hydrogen) atoms. The Morgan fingerprint density at radius 3 is 2.11 bits per heavy atom. The van der Waals surface area contributed by atoms with Crippen molar-refractivity contribution in [3.8, 4) is 0 Å². The maximum atomic E-state index is 12.5. The van der Waals surface area contributed by atoms with Gasteiger partial charge in [-0.2, -0.15) is 13.2 Å². The normalized spacial score (nSPS) is 31.6. The van der Waals surface area contributed by atoms with Crippen LogP contribution in [0.3, 0.4) is 0 Å². The molecule has 3 fully saturated rings. The van der Waals surface area contributed by atoms with Crippen molar-refractivity contribution in [2.45, 2.75) is 50.1 Å². The highest BCUT2D eigenvalue weighted by molar-refractivity contribution is 5.24. The predicted octanol–water partition coefficient (Wildman–Crippen LogP) is 4.32. The summed E-state index contributed by atoms with van der Waals surface area (Å²) in [4.78, 5) is 4.12. The van der Waals surface area contributed by atoms with Gasteiger partial charge in [-0.3, -0.25) is 4.98 Å². The third-order valence-corrected chi connectivity index (χ3v) is 4.73. The molecule has 4 rings (SSSR count). The Bertz CT molecular complexity index is 414. The van der Waals surface area contributed by atoms with Gasteiger partial charge in [-0.05, 0) is 56.6 Å². The van der Waals surface area contributed by atoms with E-state index in [4.69, 9.17) is 0 Å². The maximum absolute atomic E-state index is 12.5. The van der Waals surface area contributed by atoms with Gasteiger partial charge in [0, 0.05) is 17.3 Å². The first-order valence-corrected chi connectivity index (χ1v) is 6.53. The number of alkyl halides is 3. The largest absolute Gasteiger partial charge is 0.417 e. The molecule has 1 heterocycles. The van der Waals surface area contributed by atoms with Gasteiger partial charge in [0.1, 0.15) is 0 Å². The molecular formula is C14H16F3N. The van der Waals surface area contributed by atoms with Crippen molar-refractivity contribution in [3.63, 3.8) is 0 Å². The first-order valence-electron chi connectivity index (χ1n) is 6.53. The molecule has 0 aromatic carbocycles. The monoisotopic (exact) mass is 255 g/mol. The SMILES string of the molecule is FC(F)(F)c1ccc(C23CCC(CC2)CC3)nc1. The lowest BCUT2D eigenvalue weighted by Gasteiger charge is -2.46. The first-order chi connectivity index (χ1) is 8.50. The second-order valence-electron chi connectivity index (χ2n) is 5.69. The summed E-state index contributed by atoms with van der Waals surface area (Å²) in [5.41, 5.74) is 0.291. The van der Waals surface area contributed by atoms with E-state index >= 15 is 0 Å². The van der Waals surface area contributed by atoms with Gasteiger partial charge in [-0.25, -0.2) is 0 Å². The fourth-order valence-corrected chi connectivity index (χ4v) is 3.51. The molecule has 98 valence electrons. The molecular weight excluding hydrogens is 239 g/mol. The highest BCUT2D eigenvalue weighted by Crippen LogP contribution is 2.51. The Balaban J connectivity index is 1.88. The van der Waals surface area contributed by atoms with Crippen LogP contribution in [0.25, 0.3) is 0 Å². The molecule has 0 aliphatic heterocycles. The van der Waals surface area contributed by atoms with E-state index in [0.29, 0.717) is 0 Å². The molecule has 1 aromatic heterocycles. The molecule has 2 bridgehead atoms. The number of nitrogens with zero attached hydrogens (tertiary/aromatic N) is 1. The van der Waals surface area contributed by atoms with Gasteiger partial charge in [-0.15, -0.1) is 0 Å². The number of fused-ring (bicyclic) bond motifs is 3. The number of hydrogen-bond donors (Lipinski definition) is 0. The summed E-state index contributed by atoms with van der Waals surface area (Å²) in [7, 11) is 0. The molecule has 3 aliphatic carbocycles. The minimum Gasteiger partial charge on any atom is -0.260 e. The highest BCUT2D eigenvalue weighted by Gasteiger charge is 2.42. The Labute approximate surface area is 104 Å². The van der Waals surface area contributed by atoms with Crippen LogP contribution in [-0.2, 0) is 11.6 Å². The second kappa shape index (κ2) is 3.97. The predicted molar refractivity (Wildman–Crippen MR) is 62.1 cm³/mol. The average Bonchev–Trinajstić information content (AvgIpc) is 2.40. The molecule has 0 saturated heterocycles. The van der Waals surface area contributed by atoms with E-state index in [1.54, 1.807) is 6.07 Å². The Morgan fingerprint density at radius 1 is 1.06 bits per heavy atom. The van der Waals surface area contributed by atoms with Crippen LogP contribution in [-0.4, -0.2) is 4.98 Å². The van der Waals surface area contributed by atoms with E-state index in [0.717, 1.165) is 37.1 Å². The summed E-state index contributed by atoms with van der Waals surface area (Å²) in [6.07, 6.45) is 3.62.